The predicted octanol–water partition coefficient (Wildman–Crippen LogP) is 2.43. The van der Waals surface area contributed by atoms with E-state index in [2.05, 4.69) is 27.8 Å². The van der Waals surface area contributed by atoms with Crippen LogP contribution < -0.4 is 0 Å². The number of fused-ring (bicyclic) bond motifs is 1. The minimum Gasteiger partial charge on any atom is -0.475 e. The van der Waals surface area contributed by atoms with Gasteiger partial charge in [0.25, 0.3) is 0 Å². The number of likely N-dealkylation sites (tertiary alicyclic amines) is 1. The fourth-order valence-corrected chi connectivity index (χ4v) is 2.42. The van der Waals surface area contributed by atoms with Crippen LogP contribution in [0.1, 0.15) is 31.2 Å². The molecule has 1 unspecified atom stereocenters. The van der Waals surface area contributed by atoms with Gasteiger partial charge in [0.05, 0.1) is 5.69 Å². The highest BCUT2D eigenvalue weighted by Gasteiger charge is 2.26. The van der Waals surface area contributed by atoms with E-state index in [4.69, 9.17) is 4.74 Å². The first-order valence-electron chi connectivity index (χ1n) is 5.68. The molecule has 0 aliphatic carbocycles. The van der Waals surface area contributed by atoms with Gasteiger partial charge in [-0.05, 0) is 25.0 Å². The summed E-state index contributed by atoms with van der Waals surface area (Å²) in [7, 11) is 0. The Bertz CT molecular complexity index is 363. The molecule has 1 saturated heterocycles. The van der Waals surface area contributed by atoms with Gasteiger partial charge in [-0.15, -0.1) is 0 Å². The highest BCUT2D eigenvalue weighted by atomic mass is 16.5. The zero-order valence-electron chi connectivity index (χ0n) is 8.80. The number of piperidine rings is 1. The Labute approximate surface area is 89.9 Å². The number of nitrogens with zero attached hydrogens (tertiary/aromatic N) is 2. The molecule has 0 radical (unpaired) electrons. The molecule has 1 aromatic rings. The van der Waals surface area contributed by atoms with Crippen LogP contribution in [0.5, 0.6) is 0 Å². The van der Waals surface area contributed by atoms with Crippen molar-refractivity contribution in [2.24, 2.45) is 0 Å². The monoisotopic (exact) mass is 204 g/mol. The van der Waals surface area contributed by atoms with E-state index >= 15 is 0 Å². The summed E-state index contributed by atoms with van der Waals surface area (Å²) in [6, 6.07) is 4.22. The van der Waals surface area contributed by atoms with Gasteiger partial charge in [-0.1, -0.05) is 6.42 Å². The first-order valence-corrected chi connectivity index (χ1v) is 5.68. The zero-order valence-corrected chi connectivity index (χ0v) is 8.80. The maximum atomic E-state index is 5.73. The zero-order chi connectivity index (χ0) is 10.1. The van der Waals surface area contributed by atoms with Crippen LogP contribution in [0.3, 0.4) is 0 Å². The number of rotatable bonds is 1. The number of aromatic nitrogens is 1. The molecular formula is C12H16N2O. The third-order valence-electron chi connectivity index (χ3n) is 3.22. The van der Waals surface area contributed by atoms with E-state index in [0.717, 1.165) is 13.1 Å². The lowest BCUT2D eigenvalue weighted by atomic mass is 10.1. The molecule has 1 fully saturated rings. The molecule has 0 N–H and O–H groups in total. The van der Waals surface area contributed by atoms with Crippen molar-refractivity contribution in [2.75, 3.05) is 13.1 Å². The topological polar surface area (TPSA) is 17.4 Å². The second-order valence-electron chi connectivity index (χ2n) is 4.21. The molecule has 0 spiro atoms. The van der Waals surface area contributed by atoms with Crippen LogP contribution in [-0.2, 0) is 4.74 Å². The quantitative estimate of drug-likeness (QED) is 0.699. The van der Waals surface area contributed by atoms with Crippen LogP contribution in [-0.4, -0.2) is 22.6 Å². The van der Waals surface area contributed by atoms with E-state index in [-0.39, 0.29) is 6.23 Å². The third kappa shape index (κ3) is 1.57. The molecule has 3 rings (SSSR count). The summed E-state index contributed by atoms with van der Waals surface area (Å²) >= 11 is 0. The van der Waals surface area contributed by atoms with Crippen molar-refractivity contribution in [3.8, 4) is 0 Å². The minimum absolute atomic E-state index is 0.130. The summed E-state index contributed by atoms with van der Waals surface area (Å²) in [5.74, 6) is 0. The lowest BCUT2D eigenvalue weighted by Crippen LogP contribution is -2.36. The van der Waals surface area contributed by atoms with Crippen molar-refractivity contribution < 1.29 is 4.74 Å². The molecule has 1 aromatic heterocycles. The predicted molar refractivity (Wildman–Crippen MR) is 59.0 cm³/mol. The van der Waals surface area contributed by atoms with Gasteiger partial charge in [0.1, 0.15) is 6.26 Å². The average molecular weight is 204 g/mol. The smallest absolute Gasteiger partial charge is 0.193 e. The van der Waals surface area contributed by atoms with Gasteiger partial charge in [-0.2, -0.15) is 0 Å². The van der Waals surface area contributed by atoms with Crippen molar-refractivity contribution in [3.05, 3.63) is 30.3 Å². The van der Waals surface area contributed by atoms with Gasteiger partial charge in [-0.25, -0.2) is 0 Å². The van der Waals surface area contributed by atoms with Gasteiger partial charge in [0.2, 0.25) is 0 Å². The highest BCUT2D eigenvalue weighted by Crippen LogP contribution is 2.29. The highest BCUT2D eigenvalue weighted by molar-refractivity contribution is 5.30. The SMILES string of the molecule is C1=Cn2cccc2C(N2CCCCC2)O1. The number of hydrogen-bond donors (Lipinski definition) is 0. The summed E-state index contributed by atoms with van der Waals surface area (Å²) in [5, 5.41) is 0. The van der Waals surface area contributed by atoms with E-state index in [1.54, 1.807) is 6.26 Å². The Hall–Kier alpha value is -1.22. The van der Waals surface area contributed by atoms with E-state index in [1.807, 2.05) is 6.20 Å². The van der Waals surface area contributed by atoms with Gasteiger partial charge in [-0.3, -0.25) is 4.90 Å². The summed E-state index contributed by atoms with van der Waals surface area (Å²) in [4.78, 5) is 2.43. The summed E-state index contributed by atoms with van der Waals surface area (Å²) in [6.45, 7) is 2.31. The standard InChI is InChI=1S/C12H16N2O/c1-2-6-14(7-3-1)12-11-5-4-8-13(11)9-10-15-12/h4-5,8-10,12H,1-3,6-7H2. The molecule has 3 nitrogen and oxygen atoms in total. The molecule has 2 aliphatic rings. The van der Waals surface area contributed by atoms with Gasteiger partial charge < -0.3 is 9.30 Å². The van der Waals surface area contributed by atoms with Gasteiger partial charge >= 0.3 is 0 Å². The van der Waals surface area contributed by atoms with Crippen molar-refractivity contribution in [1.82, 2.24) is 9.47 Å². The van der Waals surface area contributed by atoms with E-state index < -0.39 is 0 Å². The Balaban J connectivity index is 1.85. The maximum Gasteiger partial charge on any atom is 0.193 e. The maximum absolute atomic E-state index is 5.73. The normalized spacial score (nSPS) is 26.0. The second-order valence-corrected chi connectivity index (χ2v) is 4.21. The molecule has 0 amide bonds. The summed E-state index contributed by atoms with van der Waals surface area (Å²) < 4.78 is 7.87. The van der Waals surface area contributed by atoms with E-state index in [9.17, 15) is 0 Å². The van der Waals surface area contributed by atoms with Crippen LogP contribution in [0, 0.1) is 0 Å². The van der Waals surface area contributed by atoms with Crippen molar-refractivity contribution in [3.63, 3.8) is 0 Å². The van der Waals surface area contributed by atoms with E-state index in [1.165, 1.54) is 25.0 Å². The lowest BCUT2D eigenvalue weighted by Gasteiger charge is -2.35. The fraction of sp³-hybridized carbons (Fsp3) is 0.500. The van der Waals surface area contributed by atoms with Crippen LogP contribution >= 0.6 is 0 Å². The minimum atomic E-state index is 0.130. The fourth-order valence-electron chi connectivity index (χ4n) is 2.42. The molecule has 80 valence electrons. The molecule has 2 aliphatic heterocycles. The molecular weight excluding hydrogens is 188 g/mol. The first kappa shape index (κ1) is 9.04. The molecule has 3 heteroatoms. The Kier molecular flexibility index (Phi) is 2.25. The second kappa shape index (κ2) is 3.74. The summed E-state index contributed by atoms with van der Waals surface area (Å²) in [5.41, 5.74) is 1.25. The largest absolute Gasteiger partial charge is 0.475 e. The molecule has 0 bridgehead atoms. The lowest BCUT2D eigenvalue weighted by molar-refractivity contribution is -0.0283. The molecule has 1 atom stereocenters. The Morgan fingerprint density at radius 1 is 1.20 bits per heavy atom. The molecule has 0 saturated carbocycles. The third-order valence-corrected chi connectivity index (χ3v) is 3.22. The number of hydrogen-bond acceptors (Lipinski definition) is 2. The van der Waals surface area contributed by atoms with Crippen LogP contribution in [0.25, 0.3) is 6.20 Å². The van der Waals surface area contributed by atoms with Crippen molar-refractivity contribution in [1.29, 1.82) is 0 Å². The van der Waals surface area contributed by atoms with Crippen molar-refractivity contribution in [2.45, 2.75) is 25.5 Å². The van der Waals surface area contributed by atoms with Gasteiger partial charge in [0, 0.05) is 25.5 Å². The van der Waals surface area contributed by atoms with E-state index in [0.29, 0.717) is 0 Å². The van der Waals surface area contributed by atoms with Crippen LogP contribution in [0.15, 0.2) is 24.6 Å². The summed E-state index contributed by atoms with van der Waals surface area (Å²) in [6.07, 6.45) is 9.92. The first-order chi connectivity index (χ1) is 7.45. The van der Waals surface area contributed by atoms with Crippen LogP contribution in [0.4, 0.5) is 0 Å². The Morgan fingerprint density at radius 3 is 2.93 bits per heavy atom. The van der Waals surface area contributed by atoms with Crippen molar-refractivity contribution >= 4 is 6.20 Å². The average Bonchev–Trinajstić information content (AvgIpc) is 2.78. The molecule has 3 heterocycles. The van der Waals surface area contributed by atoms with Gasteiger partial charge in [0.15, 0.2) is 6.23 Å². The molecule has 0 aromatic carbocycles. The number of ether oxygens (including phenoxy) is 1. The Morgan fingerprint density at radius 2 is 2.07 bits per heavy atom. The van der Waals surface area contributed by atoms with Crippen LogP contribution in [0.2, 0.25) is 0 Å². The molecule has 15 heavy (non-hydrogen) atoms.